The smallest absolute Gasteiger partial charge is 0.408 e. The summed E-state index contributed by atoms with van der Waals surface area (Å²) >= 11 is 0. The van der Waals surface area contributed by atoms with E-state index in [0.717, 1.165) is 80.6 Å². The number of methoxy groups -OCH3 is 2. The lowest BCUT2D eigenvalue weighted by Gasteiger charge is -2.45. The van der Waals surface area contributed by atoms with Crippen molar-refractivity contribution in [3.05, 3.63) is 77.7 Å². The van der Waals surface area contributed by atoms with Gasteiger partial charge in [0, 0.05) is 98.9 Å². The first kappa shape index (κ1) is 48.6. The van der Waals surface area contributed by atoms with Crippen molar-refractivity contribution in [1.82, 2.24) is 40.2 Å². The number of aryl methyl sites for hydroxylation is 3. The molecule has 2 aliphatic rings. The number of carbonyl (C=O) groups excluding carboxylic acids is 3. The Labute approximate surface area is 384 Å². The van der Waals surface area contributed by atoms with Gasteiger partial charge in [-0.3, -0.25) is 19.6 Å². The Hall–Kier alpha value is -5.81. The number of H-pyrrole nitrogens is 1. The van der Waals surface area contributed by atoms with E-state index in [1.54, 1.807) is 47.4 Å². The molecule has 0 aliphatic carbocycles. The van der Waals surface area contributed by atoms with Crippen LogP contribution in [0, 0.1) is 5.41 Å². The number of carbonyl (C=O) groups is 3. The van der Waals surface area contributed by atoms with Crippen LogP contribution in [0.5, 0.6) is 11.5 Å². The molecule has 0 spiro atoms. The summed E-state index contributed by atoms with van der Waals surface area (Å²) in [6.07, 6.45) is 6.34. The number of hydrogen-bond acceptors (Lipinski definition) is 12. The normalized spacial score (nSPS) is 19.4. The van der Waals surface area contributed by atoms with Crippen molar-refractivity contribution < 1.29 is 28.6 Å². The van der Waals surface area contributed by atoms with Gasteiger partial charge in [0.25, 0.3) is 5.91 Å². The van der Waals surface area contributed by atoms with Crippen LogP contribution in [0.25, 0.3) is 0 Å². The van der Waals surface area contributed by atoms with E-state index in [0.29, 0.717) is 55.2 Å². The number of ether oxygens (including phenoxy) is 3. The number of piperazine rings is 1. The van der Waals surface area contributed by atoms with Crippen molar-refractivity contribution >= 4 is 35.4 Å². The maximum Gasteiger partial charge on any atom is 0.408 e. The Morgan fingerprint density at radius 1 is 0.923 bits per heavy atom. The summed E-state index contributed by atoms with van der Waals surface area (Å²) in [6.45, 7) is 20.2. The van der Waals surface area contributed by atoms with Crippen molar-refractivity contribution in [3.8, 4) is 11.5 Å². The molecule has 4 atom stereocenters. The minimum absolute atomic E-state index is 0.0777. The third kappa shape index (κ3) is 13.6. The molecule has 17 heteroatoms. The SMILES string of the molecule is COc1cc(CCc2cc(NC(=O)c3ccc(N4C[C@@H](C)N(CCCN5C[C@H](NC(=O)[C@H](CCCn6ccnc6N)NC(=O)OC(C)(C)C)C(C)(C)C5)[C@@H](C)C4)cc3)n[nH]2)cc(OC)c1. The molecule has 0 radical (unpaired) electrons. The Morgan fingerprint density at radius 3 is 2.25 bits per heavy atom. The van der Waals surface area contributed by atoms with E-state index in [2.05, 4.69) is 73.5 Å². The third-order valence-corrected chi connectivity index (χ3v) is 12.4. The average Bonchev–Trinajstić information content (AvgIpc) is 3.96. The number of benzene rings is 2. The van der Waals surface area contributed by atoms with Gasteiger partial charge >= 0.3 is 6.09 Å². The molecule has 6 N–H and O–H groups in total. The van der Waals surface area contributed by atoms with Crippen LogP contribution in [0.15, 0.2) is 60.9 Å². The first-order valence-corrected chi connectivity index (χ1v) is 22.9. The Balaban J connectivity index is 0.943. The van der Waals surface area contributed by atoms with Gasteiger partial charge in [-0.2, -0.15) is 5.10 Å². The number of rotatable bonds is 19. The Bertz CT molecular complexity index is 2160. The van der Waals surface area contributed by atoms with Crippen molar-refractivity contribution in [3.63, 3.8) is 0 Å². The molecule has 0 unspecified atom stereocenters. The second-order valence-corrected chi connectivity index (χ2v) is 19.3. The number of hydrogen-bond donors (Lipinski definition) is 5. The molecule has 17 nitrogen and oxygen atoms in total. The van der Waals surface area contributed by atoms with Crippen LogP contribution in [0.4, 0.5) is 22.2 Å². The van der Waals surface area contributed by atoms with Crippen LogP contribution in [-0.2, 0) is 28.9 Å². The first-order chi connectivity index (χ1) is 30.9. The monoisotopic (exact) mass is 898 g/mol. The second-order valence-electron chi connectivity index (χ2n) is 19.3. The molecule has 6 rings (SSSR count). The molecule has 2 aromatic carbocycles. The van der Waals surface area contributed by atoms with Gasteiger partial charge in [-0.25, -0.2) is 9.78 Å². The number of aromatic nitrogens is 4. The third-order valence-electron chi connectivity index (χ3n) is 12.4. The van der Waals surface area contributed by atoms with Crippen LogP contribution in [0.2, 0.25) is 0 Å². The van der Waals surface area contributed by atoms with Crippen molar-refractivity contribution in [2.75, 3.05) is 69.4 Å². The van der Waals surface area contributed by atoms with E-state index in [1.807, 2.05) is 53.1 Å². The van der Waals surface area contributed by atoms with Gasteiger partial charge < -0.3 is 50.3 Å². The van der Waals surface area contributed by atoms with E-state index < -0.39 is 17.7 Å². The lowest BCUT2D eigenvalue weighted by atomic mass is 9.87. The lowest BCUT2D eigenvalue weighted by Crippen LogP contribution is -2.57. The molecular formula is C48H71N11O6. The predicted octanol–water partition coefficient (Wildman–Crippen LogP) is 5.73. The molecule has 2 saturated heterocycles. The van der Waals surface area contributed by atoms with Crippen LogP contribution in [0.3, 0.4) is 0 Å². The fraction of sp³-hybridized carbons (Fsp3) is 0.562. The highest BCUT2D eigenvalue weighted by Crippen LogP contribution is 2.31. The van der Waals surface area contributed by atoms with E-state index >= 15 is 0 Å². The average molecular weight is 898 g/mol. The summed E-state index contributed by atoms with van der Waals surface area (Å²) < 4.78 is 18.1. The predicted molar refractivity (Wildman–Crippen MR) is 254 cm³/mol. The van der Waals surface area contributed by atoms with E-state index in [4.69, 9.17) is 19.9 Å². The van der Waals surface area contributed by atoms with E-state index in [1.165, 1.54) is 0 Å². The number of imidazole rings is 1. The van der Waals surface area contributed by atoms with Gasteiger partial charge in [-0.15, -0.1) is 0 Å². The van der Waals surface area contributed by atoms with Gasteiger partial charge in [-0.1, -0.05) is 13.8 Å². The Morgan fingerprint density at radius 2 is 1.62 bits per heavy atom. The summed E-state index contributed by atoms with van der Waals surface area (Å²) in [4.78, 5) is 51.3. The molecular weight excluding hydrogens is 827 g/mol. The van der Waals surface area contributed by atoms with Crippen molar-refractivity contribution in [2.45, 2.75) is 117 Å². The molecule has 2 aliphatic heterocycles. The topological polar surface area (TPSA) is 197 Å². The summed E-state index contributed by atoms with van der Waals surface area (Å²) in [5.41, 5.74) is 8.76. The van der Waals surface area contributed by atoms with Gasteiger partial charge in [0.15, 0.2) is 11.8 Å². The van der Waals surface area contributed by atoms with Crippen LogP contribution >= 0.6 is 0 Å². The molecule has 65 heavy (non-hydrogen) atoms. The highest BCUT2D eigenvalue weighted by molar-refractivity contribution is 6.04. The quantitative estimate of drug-likeness (QED) is 0.0768. The number of nitrogens with zero attached hydrogens (tertiary/aromatic N) is 6. The fourth-order valence-electron chi connectivity index (χ4n) is 8.99. The summed E-state index contributed by atoms with van der Waals surface area (Å²) in [7, 11) is 3.27. The minimum Gasteiger partial charge on any atom is -0.497 e. The lowest BCUT2D eigenvalue weighted by molar-refractivity contribution is -0.124. The zero-order valence-corrected chi connectivity index (χ0v) is 39.8. The molecule has 2 fully saturated rings. The number of amides is 3. The number of aromatic amines is 1. The van der Waals surface area contributed by atoms with E-state index in [9.17, 15) is 14.4 Å². The molecule has 0 bridgehead atoms. The number of nitrogens with two attached hydrogens (primary N) is 1. The number of likely N-dealkylation sites (tertiary alicyclic amines) is 1. The molecule has 354 valence electrons. The molecule has 4 aromatic rings. The molecule has 4 heterocycles. The summed E-state index contributed by atoms with van der Waals surface area (Å²) in [5.74, 6) is 1.96. The second kappa shape index (κ2) is 21.5. The fourth-order valence-corrected chi connectivity index (χ4v) is 8.99. The first-order valence-electron chi connectivity index (χ1n) is 22.9. The van der Waals surface area contributed by atoms with Gasteiger partial charge in [0.05, 0.1) is 14.2 Å². The zero-order chi connectivity index (χ0) is 46.9. The van der Waals surface area contributed by atoms with Gasteiger partial charge in [0.1, 0.15) is 23.1 Å². The molecule has 2 aromatic heterocycles. The van der Waals surface area contributed by atoms with Crippen LogP contribution in [-0.4, -0.2) is 131 Å². The number of anilines is 3. The largest absolute Gasteiger partial charge is 0.497 e. The summed E-state index contributed by atoms with van der Waals surface area (Å²) in [6, 6.07) is 15.3. The number of nitrogens with one attached hydrogen (secondary N) is 4. The molecule has 0 saturated carbocycles. The Kier molecular flexibility index (Phi) is 16.1. The standard InChI is InChI=1S/C48H71N11O6/c1-32-28-58(37-17-14-35(15-18-37)43(60)53-42-26-36(54-55-42)16-13-34-24-38(63-8)27-39(25-34)64-9)29-33(2)59(32)22-11-20-56-30-41(48(6,7)31-56)52-44(61)40(51-46(62)65-47(3,4)5)12-10-21-57-23-19-50-45(57)49/h14-15,17-19,23-27,32-33,40-41H,10-13,16,20-22,28-31H2,1-9H3,(H2,49,50)(H,51,62)(H,52,61)(H2,53,54,55,60)/t32-,33+,40-,41-/m0/s1. The van der Waals surface area contributed by atoms with Crippen LogP contribution < -0.4 is 36.1 Å². The zero-order valence-electron chi connectivity index (χ0n) is 39.8. The van der Waals surface area contributed by atoms with Crippen molar-refractivity contribution in [2.24, 2.45) is 5.41 Å². The molecule has 3 amide bonds. The van der Waals surface area contributed by atoms with Crippen molar-refractivity contribution in [1.29, 1.82) is 0 Å². The maximum absolute atomic E-state index is 13.8. The van der Waals surface area contributed by atoms with Crippen LogP contribution in [0.1, 0.15) is 89.3 Å². The summed E-state index contributed by atoms with van der Waals surface area (Å²) in [5, 5.41) is 16.4. The highest BCUT2D eigenvalue weighted by Gasteiger charge is 2.41. The van der Waals surface area contributed by atoms with E-state index in [-0.39, 0.29) is 23.3 Å². The minimum atomic E-state index is -0.756. The highest BCUT2D eigenvalue weighted by atomic mass is 16.6. The number of nitrogen functional groups attached to an aromatic ring is 1. The van der Waals surface area contributed by atoms with Gasteiger partial charge in [0.2, 0.25) is 5.91 Å². The maximum atomic E-state index is 13.8. The number of alkyl carbamates (subject to hydrolysis) is 1. The van der Waals surface area contributed by atoms with Gasteiger partial charge in [-0.05, 0) is 121 Å².